The molecule has 12 heavy (non-hydrogen) atoms. The van der Waals surface area contributed by atoms with Crippen LogP contribution in [-0.4, -0.2) is 10.2 Å². The summed E-state index contributed by atoms with van der Waals surface area (Å²) in [7, 11) is 0. The second-order valence-electron chi connectivity index (χ2n) is 3.71. The van der Waals surface area contributed by atoms with Crippen molar-refractivity contribution in [3.8, 4) is 0 Å². The van der Waals surface area contributed by atoms with E-state index < -0.39 is 0 Å². The Hall–Kier alpha value is -0.630. The number of hydrogen-bond donors (Lipinski definition) is 0. The first-order chi connectivity index (χ1) is 5.84. The zero-order valence-electron chi connectivity index (χ0n) is 6.63. The lowest BCUT2D eigenvalue weighted by Crippen LogP contribution is -2.02. The molecule has 3 rings (SSSR count). The Morgan fingerprint density at radius 2 is 2.08 bits per heavy atom. The average molecular weight is 181 g/mol. The van der Waals surface area contributed by atoms with Gasteiger partial charge in [0.05, 0.1) is 5.69 Å². The van der Waals surface area contributed by atoms with Gasteiger partial charge >= 0.3 is 0 Å². The van der Waals surface area contributed by atoms with Crippen molar-refractivity contribution in [1.82, 2.24) is 10.2 Å². The van der Waals surface area contributed by atoms with Gasteiger partial charge in [-0.2, -0.15) is 5.10 Å². The number of nitrogens with zero attached hydrogens (tertiary/aromatic N) is 2. The zero-order chi connectivity index (χ0) is 8.13. The van der Waals surface area contributed by atoms with Gasteiger partial charge in [-0.3, -0.25) is 0 Å². The molecule has 1 heterocycles. The van der Waals surface area contributed by atoms with Crippen molar-refractivity contribution in [1.29, 1.82) is 0 Å². The molecule has 3 heteroatoms. The van der Waals surface area contributed by atoms with Crippen molar-refractivity contribution >= 4 is 11.6 Å². The molecule has 0 radical (unpaired) electrons. The summed E-state index contributed by atoms with van der Waals surface area (Å²) in [6.45, 7) is 0. The van der Waals surface area contributed by atoms with Crippen molar-refractivity contribution in [3.63, 3.8) is 0 Å². The number of aromatic nitrogens is 2. The van der Waals surface area contributed by atoms with Crippen LogP contribution in [0.3, 0.4) is 0 Å². The Bertz CT molecular complexity index is 337. The maximum Gasteiger partial charge on any atom is 0.152 e. The minimum absolute atomic E-state index is 0.543. The van der Waals surface area contributed by atoms with Crippen LogP contribution in [0.5, 0.6) is 0 Å². The van der Waals surface area contributed by atoms with E-state index in [-0.39, 0.29) is 0 Å². The molecule has 1 saturated carbocycles. The minimum Gasteiger partial charge on any atom is -0.154 e. The van der Waals surface area contributed by atoms with Crippen LogP contribution in [0.25, 0.3) is 0 Å². The predicted octanol–water partition coefficient (Wildman–Crippen LogP) is 2.49. The molecule has 0 aliphatic heterocycles. The van der Waals surface area contributed by atoms with Crippen molar-refractivity contribution in [2.45, 2.75) is 31.1 Å². The van der Waals surface area contributed by atoms with Crippen LogP contribution in [-0.2, 0) is 0 Å². The Kier molecular flexibility index (Phi) is 1.25. The molecule has 0 saturated heterocycles. The van der Waals surface area contributed by atoms with Crippen molar-refractivity contribution in [2.24, 2.45) is 0 Å². The van der Waals surface area contributed by atoms with Crippen molar-refractivity contribution in [2.75, 3.05) is 0 Å². The van der Waals surface area contributed by atoms with Gasteiger partial charge in [-0.1, -0.05) is 11.6 Å². The monoisotopic (exact) mass is 180 g/mol. The largest absolute Gasteiger partial charge is 0.154 e. The zero-order valence-corrected chi connectivity index (χ0v) is 7.38. The number of hydrogen-bond acceptors (Lipinski definition) is 2. The molecule has 2 nitrogen and oxygen atoms in total. The third kappa shape index (κ3) is 0.761. The summed E-state index contributed by atoms with van der Waals surface area (Å²) in [6.07, 6.45) is 3.90. The Morgan fingerprint density at radius 3 is 3.00 bits per heavy atom. The van der Waals surface area contributed by atoms with Gasteiger partial charge in [-0.15, -0.1) is 5.10 Å². The van der Waals surface area contributed by atoms with E-state index in [1.807, 2.05) is 6.07 Å². The molecule has 2 aliphatic carbocycles. The lowest BCUT2D eigenvalue weighted by Gasteiger charge is -2.12. The quantitative estimate of drug-likeness (QED) is 0.613. The fourth-order valence-electron chi connectivity index (χ4n) is 2.55. The summed E-state index contributed by atoms with van der Waals surface area (Å²) in [4.78, 5) is 0. The van der Waals surface area contributed by atoms with Gasteiger partial charge in [0, 0.05) is 5.92 Å². The van der Waals surface area contributed by atoms with Gasteiger partial charge in [0.15, 0.2) is 5.15 Å². The van der Waals surface area contributed by atoms with Crippen LogP contribution in [0.1, 0.15) is 42.4 Å². The van der Waals surface area contributed by atoms with Gasteiger partial charge in [0.25, 0.3) is 0 Å². The summed E-state index contributed by atoms with van der Waals surface area (Å²) in [5.74, 6) is 1.42. The summed E-state index contributed by atoms with van der Waals surface area (Å²) < 4.78 is 0. The Labute approximate surface area is 76.0 Å². The van der Waals surface area contributed by atoms with Gasteiger partial charge in [0.1, 0.15) is 0 Å². The highest BCUT2D eigenvalue weighted by atomic mass is 35.5. The molecular weight excluding hydrogens is 172 g/mol. The molecule has 2 aliphatic rings. The molecule has 0 amide bonds. The van der Waals surface area contributed by atoms with Gasteiger partial charge in [-0.25, -0.2) is 0 Å². The van der Waals surface area contributed by atoms with E-state index in [1.54, 1.807) is 0 Å². The Balaban J connectivity index is 2.20. The summed E-state index contributed by atoms with van der Waals surface area (Å²) >= 11 is 5.79. The van der Waals surface area contributed by atoms with E-state index in [0.29, 0.717) is 11.1 Å². The molecule has 1 aromatic heterocycles. The molecular formula is C9H9ClN2. The maximum absolute atomic E-state index is 5.79. The minimum atomic E-state index is 0.543. The van der Waals surface area contributed by atoms with E-state index in [4.69, 9.17) is 11.6 Å². The SMILES string of the molecule is Clc1cc2c(nn1)C1CCC2C1. The molecule has 2 unspecified atom stereocenters. The normalized spacial score (nSPS) is 30.8. The second kappa shape index (κ2) is 2.19. The highest BCUT2D eigenvalue weighted by Crippen LogP contribution is 2.52. The molecule has 2 bridgehead atoms. The highest BCUT2D eigenvalue weighted by molar-refractivity contribution is 6.29. The van der Waals surface area contributed by atoms with E-state index in [0.717, 1.165) is 5.92 Å². The second-order valence-corrected chi connectivity index (χ2v) is 4.10. The lowest BCUT2D eigenvalue weighted by atomic mass is 9.97. The van der Waals surface area contributed by atoms with Gasteiger partial charge in [-0.05, 0) is 36.8 Å². The van der Waals surface area contributed by atoms with Crippen LogP contribution in [0.2, 0.25) is 5.15 Å². The lowest BCUT2D eigenvalue weighted by molar-refractivity contribution is 0.680. The molecule has 0 N–H and O–H groups in total. The number of halogens is 1. The molecule has 0 spiro atoms. The molecule has 1 fully saturated rings. The van der Waals surface area contributed by atoms with Crippen LogP contribution >= 0.6 is 11.6 Å². The first kappa shape index (κ1) is 6.84. The summed E-state index contributed by atoms with van der Waals surface area (Å²) in [5, 5.41) is 8.59. The number of rotatable bonds is 0. The standard InChI is InChI=1S/C9H9ClN2/c10-8-4-7-5-1-2-6(3-5)9(7)12-11-8/h4-6H,1-3H2. The number of fused-ring (bicyclic) bond motifs is 5. The van der Waals surface area contributed by atoms with Crippen molar-refractivity contribution < 1.29 is 0 Å². The van der Waals surface area contributed by atoms with Crippen molar-refractivity contribution in [3.05, 3.63) is 22.5 Å². The fourth-order valence-corrected chi connectivity index (χ4v) is 2.70. The van der Waals surface area contributed by atoms with E-state index in [9.17, 15) is 0 Å². The summed E-state index contributed by atoms with van der Waals surface area (Å²) in [5.41, 5.74) is 2.59. The summed E-state index contributed by atoms with van der Waals surface area (Å²) in [6, 6.07) is 1.99. The maximum atomic E-state index is 5.79. The van der Waals surface area contributed by atoms with Crippen LogP contribution in [0.15, 0.2) is 6.07 Å². The molecule has 0 aromatic carbocycles. The van der Waals surface area contributed by atoms with E-state index >= 15 is 0 Å². The van der Waals surface area contributed by atoms with Crippen LogP contribution in [0.4, 0.5) is 0 Å². The average Bonchev–Trinajstić information content (AvgIpc) is 2.63. The topological polar surface area (TPSA) is 25.8 Å². The Morgan fingerprint density at radius 1 is 1.25 bits per heavy atom. The van der Waals surface area contributed by atoms with Crippen LogP contribution in [0, 0.1) is 0 Å². The predicted molar refractivity (Wildman–Crippen MR) is 46.4 cm³/mol. The third-order valence-corrected chi connectivity index (χ3v) is 3.27. The van der Waals surface area contributed by atoms with E-state index in [2.05, 4.69) is 10.2 Å². The van der Waals surface area contributed by atoms with Crippen LogP contribution < -0.4 is 0 Å². The third-order valence-electron chi connectivity index (χ3n) is 3.08. The fraction of sp³-hybridized carbons (Fsp3) is 0.556. The van der Waals surface area contributed by atoms with Gasteiger partial charge in [0.2, 0.25) is 0 Å². The highest BCUT2D eigenvalue weighted by Gasteiger charge is 2.38. The molecule has 62 valence electrons. The molecule has 2 atom stereocenters. The van der Waals surface area contributed by atoms with Gasteiger partial charge < -0.3 is 0 Å². The first-order valence-corrected chi connectivity index (χ1v) is 4.75. The van der Waals surface area contributed by atoms with E-state index in [1.165, 1.54) is 30.5 Å². The first-order valence-electron chi connectivity index (χ1n) is 4.37. The molecule has 1 aromatic rings. The smallest absolute Gasteiger partial charge is 0.152 e.